The molecule has 16 nitrogen and oxygen atoms in total. The van der Waals surface area contributed by atoms with Crippen LogP contribution in [0.4, 0.5) is 0 Å². The topological polar surface area (TPSA) is 272 Å². The summed E-state index contributed by atoms with van der Waals surface area (Å²) in [5.41, 5.74) is 12.6. The fraction of sp³-hybridized carbons (Fsp3) is 0.387. The molecule has 0 spiro atoms. The Hall–Kier alpha value is -4.55. The van der Waals surface area contributed by atoms with Crippen LogP contribution in [-0.2, 0) is 17.7 Å². The molecule has 5 rings (SSSR count). The molecule has 1 saturated heterocycles. The minimum atomic E-state index is -2.74. The zero-order chi connectivity index (χ0) is 34.2. The van der Waals surface area contributed by atoms with Crippen LogP contribution in [0, 0.1) is 0 Å². The third kappa shape index (κ3) is 6.27. The Bertz CT molecular complexity index is 1680. The van der Waals surface area contributed by atoms with Crippen molar-refractivity contribution in [2.24, 2.45) is 16.5 Å². The normalized spacial score (nSPS) is 27.0. The summed E-state index contributed by atoms with van der Waals surface area (Å²) in [6, 6.07) is 4.05. The largest absolute Gasteiger partial charge is 0.507 e. The molecule has 47 heavy (non-hydrogen) atoms. The molecule has 0 amide bonds. The maximum Gasteiger partial charge on any atom is 0.231 e. The number of phenols is 1. The number of nitrogens with two attached hydrogens (primary N) is 2. The highest BCUT2D eigenvalue weighted by Gasteiger charge is 2.54. The van der Waals surface area contributed by atoms with E-state index in [4.69, 9.17) is 25.7 Å². The molecule has 0 aromatic heterocycles. The first kappa shape index (κ1) is 33.8. The van der Waals surface area contributed by atoms with Crippen LogP contribution in [0.2, 0.25) is 0 Å². The van der Waals surface area contributed by atoms with Crippen LogP contribution in [-0.4, -0.2) is 105 Å². The van der Waals surface area contributed by atoms with Gasteiger partial charge in [0.1, 0.15) is 35.6 Å². The molecule has 6 unspecified atom stereocenters. The summed E-state index contributed by atoms with van der Waals surface area (Å²) >= 11 is 0. The number of aliphatic hydroxyl groups is 5. The number of methoxy groups -OCH3 is 1. The molecule has 252 valence electrons. The number of phenolic OH excluding ortho intramolecular Hbond substituents is 1. The van der Waals surface area contributed by atoms with Gasteiger partial charge >= 0.3 is 0 Å². The van der Waals surface area contributed by atoms with Crippen molar-refractivity contribution in [3.63, 3.8) is 0 Å². The van der Waals surface area contributed by atoms with Crippen LogP contribution >= 0.6 is 0 Å². The number of aliphatic hydroxyl groups excluding tert-OH is 4. The molecule has 12 N–H and O–H groups in total. The smallest absolute Gasteiger partial charge is 0.231 e. The molecule has 2 aromatic rings. The highest BCUT2D eigenvalue weighted by atomic mass is 16.8. The van der Waals surface area contributed by atoms with E-state index >= 15 is 0 Å². The van der Waals surface area contributed by atoms with Crippen LogP contribution in [0.25, 0.3) is 0 Å². The van der Waals surface area contributed by atoms with Crippen molar-refractivity contribution in [1.82, 2.24) is 10.6 Å². The van der Waals surface area contributed by atoms with Gasteiger partial charge in [0.2, 0.25) is 17.9 Å². The average molecular weight is 656 g/mol. The van der Waals surface area contributed by atoms with E-state index < -0.39 is 54.3 Å². The number of aryl methyl sites for hydroxylation is 1. The van der Waals surface area contributed by atoms with E-state index in [9.17, 15) is 40.2 Å². The van der Waals surface area contributed by atoms with Gasteiger partial charge in [-0.1, -0.05) is 6.08 Å². The molecule has 2 heterocycles. The fourth-order valence-electron chi connectivity index (χ4n) is 5.61. The van der Waals surface area contributed by atoms with E-state index in [0.717, 1.165) is 5.57 Å². The number of carbonyl (C=O) groups is 2. The minimum absolute atomic E-state index is 0.0437. The molecule has 0 bridgehead atoms. The molecule has 1 aliphatic carbocycles. The zero-order valence-corrected chi connectivity index (χ0v) is 25.5. The second kappa shape index (κ2) is 13.3. The SMILES string of the molecule is CN=C(N)NCc1c(CCC2=CNC(N)C=C2)cc2c(c1O)C(=O)c1c(OC3OC(O)(CO)C(O)C(O)C3O)cc(OC)cc1C2=O. The zero-order valence-electron chi connectivity index (χ0n) is 25.5. The van der Waals surface area contributed by atoms with Gasteiger partial charge in [-0.05, 0) is 42.2 Å². The third-order valence-electron chi connectivity index (χ3n) is 8.31. The number of aliphatic imine (C=N–C) groups is 1. The van der Waals surface area contributed by atoms with Crippen molar-refractivity contribution >= 4 is 17.5 Å². The molecular weight excluding hydrogens is 618 g/mol. The van der Waals surface area contributed by atoms with Crippen molar-refractivity contribution in [1.29, 1.82) is 0 Å². The van der Waals surface area contributed by atoms with Crippen molar-refractivity contribution in [2.45, 2.75) is 55.9 Å². The fourth-order valence-corrected chi connectivity index (χ4v) is 5.61. The van der Waals surface area contributed by atoms with Gasteiger partial charge in [0.25, 0.3) is 0 Å². The Labute approximate surface area is 268 Å². The van der Waals surface area contributed by atoms with Gasteiger partial charge in [0.05, 0.1) is 31.0 Å². The Kier molecular flexibility index (Phi) is 9.55. The first-order chi connectivity index (χ1) is 22.3. The molecule has 16 heteroatoms. The van der Waals surface area contributed by atoms with Crippen molar-refractivity contribution in [2.75, 3.05) is 20.8 Å². The van der Waals surface area contributed by atoms with Crippen molar-refractivity contribution in [3.05, 3.63) is 75.5 Å². The number of rotatable bonds is 9. The molecular formula is C31H37N5O11. The Morgan fingerprint density at radius 1 is 1.11 bits per heavy atom. The number of benzene rings is 2. The van der Waals surface area contributed by atoms with Crippen molar-refractivity contribution in [3.8, 4) is 17.2 Å². The molecule has 2 aliphatic heterocycles. The molecule has 6 atom stereocenters. The van der Waals surface area contributed by atoms with Crippen LogP contribution in [0.3, 0.4) is 0 Å². The summed E-state index contributed by atoms with van der Waals surface area (Å²) in [5, 5.41) is 68.6. The Morgan fingerprint density at radius 2 is 1.83 bits per heavy atom. The summed E-state index contributed by atoms with van der Waals surface area (Å²) < 4.78 is 16.3. The van der Waals surface area contributed by atoms with Crippen LogP contribution < -0.4 is 31.6 Å². The standard InChI is InChI=1S/C31H37N5O11/c1-34-30(33)36-11-18-14(5-3-13-4-6-20(32)35-10-13)7-16-22(24(18)39)25(40)21-17(23(16)38)8-15(45-2)9-19(21)46-29-27(42)26(41)28(43)31(44,12-37)47-29/h4,6-10,20,26-29,35,37,39,41-44H,3,5,11-12,32H2,1-2H3,(H3,33,34,36). The first-order valence-corrected chi connectivity index (χ1v) is 14.6. The molecule has 0 radical (unpaired) electrons. The number of allylic oxidation sites excluding steroid dienone is 2. The highest BCUT2D eigenvalue weighted by molar-refractivity contribution is 6.30. The number of nitrogens with zero attached hydrogens (tertiary/aromatic N) is 1. The van der Waals surface area contributed by atoms with E-state index in [-0.39, 0.29) is 58.0 Å². The number of aromatic hydroxyl groups is 1. The van der Waals surface area contributed by atoms with Gasteiger partial charge in [0, 0.05) is 42.5 Å². The molecule has 0 saturated carbocycles. The quantitative estimate of drug-likeness (QED) is 0.0879. The van der Waals surface area contributed by atoms with Crippen LogP contribution in [0.5, 0.6) is 17.2 Å². The Morgan fingerprint density at radius 3 is 2.47 bits per heavy atom. The predicted octanol–water partition coefficient (Wildman–Crippen LogP) is -2.03. The number of carbonyl (C=O) groups excluding carboxylic acids is 2. The summed E-state index contributed by atoms with van der Waals surface area (Å²) in [4.78, 5) is 32.1. The lowest BCUT2D eigenvalue weighted by atomic mass is 9.80. The van der Waals surface area contributed by atoms with Gasteiger partial charge in [0.15, 0.2) is 11.7 Å². The lowest BCUT2D eigenvalue weighted by Crippen LogP contribution is -2.67. The van der Waals surface area contributed by atoms with Crippen molar-refractivity contribution < 1.29 is 54.4 Å². The minimum Gasteiger partial charge on any atom is -0.507 e. The van der Waals surface area contributed by atoms with Crippen LogP contribution in [0.1, 0.15) is 49.4 Å². The first-order valence-electron chi connectivity index (χ1n) is 14.6. The second-order valence-corrected chi connectivity index (χ2v) is 11.3. The van der Waals surface area contributed by atoms with Gasteiger partial charge in [-0.3, -0.25) is 14.6 Å². The van der Waals surface area contributed by atoms with E-state index in [0.29, 0.717) is 18.4 Å². The number of guanidine groups is 1. The van der Waals surface area contributed by atoms with Gasteiger partial charge in [-0.25, -0.2) is 0 Å². The number of nitrogens with one attached hydrogen (secondary N) is 2. The second-order valence-electron chi connectivity index (χ2n) is 11.3. The number of ether oxygens (including phenoxy) is 3. The average Bonchev–Trinajstić information content (AvgIpc) is 3.07. The molecule has 1 fully saturated rings. The third-order valence-corrected chi connectivity index (χ3v) is 8.31. The van der Waals surface area contributed by atoms with Crippen LogP contribution in [0.15, 0.2) is 47.1 Å². The van der Waals surface area contributed by atoms with Gasteiger partial charge < -0.3 is 67.0 Å². The predicted molar refractivity (Wildman–Crippen MR) is 165 cm³/mol. The molecule has 3 aliphatic rings. The monoisotopic (exact) mass is 655 g/mol. The number of dihydropyridines is 1. The highest BCUT2D eigenvalue weighted by Crippen LogP contribution is 2.43. The number of ketones is 2. The summed E-state index contributed by atoms with van der Waals surface area (Å²) in [5.74, 6) is -4.93. The Balaban J connectivity index is 1.58. The van der Waals surface area contributed by atoms with E-state index in [1.807, 2.05) is 6.08 Å². The molecule has 2 aromatic carbocycles. The van der Waals surface area contributed by atoms with E-state index in [1.165, 1.54) is 32.4 Å². The van der Waals surface area contributed by atoms with Gasteiger partial charge in [-0.15, -0.1) is 0 Å². The summed E-state index contributed by atoms with van der Waals surface area (Å²) in [7, 11) is 2.77. The van der Waals surface area contributed by atoms with E-state index in [2.05, 4.69) is 15.6 Å². The lowest BCUT2D eigenvalue weighted by molar-refractivity contribution is -0.384. The maximum absolute atomic E-state index is 14.2. The number of fused-ring (bicyclic) bond motifs is 2. The van der Waals surface area contributed by atoms with Gasteiger partial charge in [-0.2, -0.15) is 0 Å². The maximum atomic E-state index is 14.2. The number of hydrogen-bond acceptors (Lipinski definition) is 14. The number of hydrogen-bond donors (Lipinski definition) is 10. The summed E-state index contributed by atoms with van der Waals surface area (Å²) in [6.45, 7) is -1.23. The summed E-state index contributed by atoms with van der Waals surface area (Å²) in [6.07, 6.45) is -2.09. The van der Waals surface area contributed by atoms with E-state index in [1.54, 1.807) is 12.3 Å². The lowest BCUT2D eigenvalue weighted by Gasteiger charge is -2.44.